The van der Waals surface area contributed by atoms with Gasteiger partial charge in [-0.05, 0) is 41.1 Å². The number of nitro groups is 1. The summed E-state index contributed by atoms with van der Waals surface area (Å²) in [6.45, 7) is 0.0217. The highest BCUT2D eigenvalue weighted by molar-refractivity contribution is 8.18. The number of aromatic hydroxyl groups is 1. The summed E-state index contributed by atoms with van der Waals surface area (Å²) in [6, 6.07) is 10.3. The first-order chi connectivity index (χ1) is 12.9. The van der Waals surface area contributed by atoms with Crippen LogP contribution in [0.2, 0.25) is 0 Å². The number of amides is 2. The number of ether oxygens (including phenoxy) is 1. The molecule has 0 radical (unpaired) electrons. The number of non-ortho nitro benzene ring substituents is 1. The number of phenolic OH excluding ortho intramolecular Hbond substituents is 1. The van der Waals surface area contributed by atoms with Crippen molar-refractivity contribution in [3.05, 3.63) is 68.6 Å². The molecule has 2 aromatic carbocycles. The monoisotopic (exact) mass is 386 g/mol. The third kappa shape index (κ3) is 3.93. The molecule has 0 saturated carbocycles. The van der Waals surface area contributed by atoms with Gasteiger partial charge >= 0.3 is 0 Å². The number of hydrogen-bond donors (Lipinski definition) is 1. The summed E-state index contributed by atoms with van der Waals surface area (Å²) in [5.74, 6) is -0.228. The average molecular weight is 386 g/mol. The van der Waals surface area contributed by atoms with Crippen molar-refractivity contribution in [2.75, 3.05) is 7.11 Å². The summed E-state index contributed by atoms with van der Waals surface area (Å²) in [5, 5.41) is 20.1. The number of carbonyl (C=O) groups is 2. The number of nitro benzene ring substituents is 1. The summed E-state index contributed by atoms with van der Waals surface area (Å²) >= 11 is 0.797. The zero-order valence-corrected chi connectivity index (χ0v) is 14.9. The van der Waals surface area contributed by atoms with E-state index in [4.69, 9.17) is 4.74 Å². The molecule has 1 aliphatic heterocycles. The average Bonchev–Trinajstić information content (AvgIpc) is 2.90. The zero-order valence-electron chi connectivity index (χ0n) is 14.1. The van der Waals surface area contributed by atoms with Gasteiger partial charge in [-0.15, -0.1) is 0 Å². The van der Waals surface area contributed by atoms with Crippen molar-refractivity contribution in [1.82, 2.24) is 4.90 Å². The van der Waals surface area contributed by atoms with Crippen LogP contribution in [0.1, 0.15) is 11.1 Å². The van der Waals surface area contributed by atoms with Crippen molar-refractivity contribution in [3.63, 3.8) is 0 Å². The Morgan fingerprint density at radius 3 is 2.52 bits per heavy atom. The Bertz CT molecular complexity index is 955. The van der Waals surface area contributed by atoms with Crippen LogP contribution in [0.25, 0.3) is 6.08 Å². The molecule has 0 aliphatic carbocycles. The Balaban J connectivity index is 1.78. The van der Waals surface area contributed by atoms with Crippen LogP contribution in [0.4, 0.5) is 10.5 Å². The lowest BCUT2D eigenvalue weighted by Gasteiger charge is -2.12. The standard InChI is InChI=1S/C18H14N2O6S/c1-26-15-7-4-12(8-14(15)21)9-16-17(22)19(18(23)27-16)10-11-2-5-13(6-3-11)20(24)25/h2-9,21H,10H2,1H3/b16-9+. The minimum Gasteiger partial charge on any atom is -0.504 e. The number of thioether (sulfide) groups is 1. The smallest absolute Gasteiger partial charge is 0.293 e. The minimum atomic E-state index is -0.517. The SMILES string of the molecule is COc1ccc(/C=C2/SC(=O)N(Cc3ccc([N+](=O)[O-])cc3)C2=O)cc1O. The molecule has 138 valence electrons. The zero-order chi connectivity index (χ0) is 19.6. The van der Waals surface area contributed by atoms with Gasteiger partial charge in [0.1, 0.15) is 0 Å². The first kappa shape index (κ1) is 18.5. The summed E-state index contributed by atoms with van der Waals surface area (Å²) in [5.41, 5.74) is 1.09. The van der Waals surface area contributed by atoms with Gasteiger partial charge in [0.15, 0.2) is 11.5 Å². The summed E-state index contributed by atoms with van der Waals surface area (Å²) < 4.78 is 4.97. The molecule has 2 amide bonds. The van der Waals surface area contributed by atoms with E-state index in [1.165, 1.54) is 43.5 Å². The Labute approximate surface area is 158 Å². The molecule has 9 heteroatoms. The normalized spacial score (nSPS) is 15.4. The molecule has 1 saturated heterocycles. The topological polar surface area (TPSA) is 110 Å². The molecule has 8 nitrogen and oxygen atoms in total. The Hall–Kier alpha value is -3.33. The van der Waals surface area contributed by atoms with Gasteiger partial charge in [-0.2, -0.15) is 0 Å². The van der Waals surface area contributed by atoms with Crippen LogP contribution < -0.4 is 4.74 Å². The van der Waals surface area contributed by atoms with Gasteiger partial charge in [0, 0.05) is 12.1 Å². The molecule has 3 rings (SSSR count). The van der Waals surface area contributed by atoms with Crippen molar-refractivity contribution in [2.24, 2.45) is 0 Å². The highest BCUT2D eigenvalue weighted by Crippen LogP contribution is 2.35. The van der Waals surface area contributed by atoms with Crippen LogP contribution in [-0.4, -0.2) is 33.2 Å². The Morgan fingerprint density at radius 2 is 1.93 bits per heavy atom. The number of benzene rings is 2. The number of nitrogens with zero attached hydrogens (tertiary/aromatic N) is 2. The van der Waals surface area contributed by atoms with Crippen molar-refractivity contribution in [1.29, 1.82) is 0 Å². The second-order valence-electron chi connectivity index (χ2n) is 5.62. The van der Waals surface area contributed by atoms with Gasteiger partial charge < -0.3 is 9.84 Å². The van der Waals surface area contributed by atoms with Crippen LogP contribution in [0.5, 0.6) is 11.5 Å². The Kier molecular flexibility index (Phi) is 5.13. The highest BCUT2D eigenvalue weighted by Gasteiger charge is 2.35. The van der Waals surface area contributed by atoms with Crippen molar-refractivity contribution >= 4 is 34.7 Å². The number of phenols is 1. The predicted octanol–water partition coefficient (Wildman–Crippen LogP) is 3.55. The fourth-order valence-corrected chi connectivity index (χ4v) is 3.33. The number of hydrogen-bond acceptors (Lipinski definition) is 7. The molecule has 0 spiro atoms. The molecule has 1 fully saturated rings. The van der Waals surface area contributed by atoms with Crippen LogP contribution in [0, 0.1) is 10.1 Å². The van der Waals surface area contributed by atoms with Crippen molar-refractivity contribution < 1.29 is 24.4 Å². The van der Waals surface area contributed by atoms with E-state index in [2.05, 4.69) is 0 Å². The molecule has 1 aliphatic rings. The molecule has 2 aromatic rings. The van der Waals surface area contributed by atoms with E-state index in [1.54, 1.807) is 12.1 Å². The van der Waals surface area contributed by atoms with Crippen LogP contribution in [0.15, 0.2) is 47.4 Å². The van der Waals surface area contributed by atoms with E-state index in [0.717, 1.165) is 16.7 Å². The van der Waals surface area contributed by atoms with Gasteiger partial charge in [0.25, 0.3) is 16.8 Å². The minimum absolute atomic E-state index is 0.0217. The van der Waals surface area contributed by atoms with Gasteiger partial charge in [0.2, 0.25) is 0 Å². The summed E-state index contributed by atoms with van der Waals surface area (Å²) in [4.78, 5) is 36.2. The Morgan fingerprint density at radius 1 is 1.22 bits per heavy atom. The van der Waals surface area contributed by atoms with Crippen molar-refractivity contribution in [3.8, 4) is 11.5 Å². The van der Waals surface area contributed by atoms with Gasteiger partial charge in [-0.25, -0.2) is 0 Å². The maximum atomic E-state index is 12.5. The number of rotatable bonds is 5. The predicted molar refractivity (Wildman–Crippen MR) is 99.3 cm³/mol. The third-order valence-corrected chi connectivity index (χ3v) is 4.77. The second kappa shape index (κ2) is 7.50. The maximum absolute atomic E-state index is 12.5. The molecule has 1 heterocycles. The molecule has 0 bridgehead atoms. The number of methoxy groups -OCH3 is 1. The highest BCUT2D eigenvalue weighted by atomic mass is 32.2. The number of carbonyl (C=O) groups excluding carboxylic acids is 2. The van der Waals surface area contributed by atoms with E-state index in [-0.39, 0.29) is 22.9 Å². The van der Waals surface area contributed by atoms with E-state index >= 15 is 0 Å². The van der Waals surface area contributed by atoms with E-state index in [9.17, 15) is 24.8 Å². The fourth-order valence-electron chi connectivity index (χ4n) is 2.49. The molecular weight excluding hydrogens is 372 g/mol. The quantitative estimate of drug-likeness (QED) is 0.475. The summed E-state index contributed by atoms with van der Waals surface area (Å²) in [7, 11) is 1.43. The molecule has 0 aromatic heterocycles. The largest absolute Gasteiger partial charge is 0.504 e. The van der Waals surface area contributed by atoms with Gasteiger partial charge in [0.05, 0.1) is 23.5 Å². The van der Waals surface area contributed by atoms with Crippen LogP contribution in [-0.2, 0) is 11.3 Å². The lowest BCUT2D eigenvalue weighted by molar-refractivity contribution is -0.384. The first-order valence-electron chi connectivity index (χ1n) is 7.74. The number of imide groups is 1. The molecular formula is C18H14N2O6S. The lowest BCUT2D eigenvalue weighted by atomic mass is 10.1. The van der Waals surface area contributed by atoms with Gasteiger partial charge in [-0.3, -0.25) is 24.6 Å². The maximum Gasteiger partial charge on any atom is 0.293 e. The van der Waals surface area contributed by atoms with Crippen LogP contribution in [0.3, 0.4) is 0 Å². The lowest BCUT2D eigenvalue weighted by Crippen LogP contribution is -2.27. The van der Waals surface area contributed by atoms with E-state index < -0.39 is 16.1 Å². The first-order valence-corrected chi connectivity index (χ1v) is 8.56. The van der Waals surface area contributed by atoms with Gasteiger partial charge in [-0.1, -0.05) is 18.2 Å². The molecule has 27 heavy (non-hydrogen) atoms. The van der Waals surface area contributed by atoms with E-state index in [1.807, 2.05) is 0 Å². The third-order valence-electron chi connectivity index (χ3n) is 3.86. The molecule has 0 unspecified atom stereocenters. The van der Waals surface area contributed by atoms with Crippen LogP contribution >= 0.6 is 11.8 Å². The second-order valence-corrected chi connectivity index (χ2v) is 6.62. The van der Waals surface area contributed by atoms with Crippen molar-refractivity contribution in [2.45, 2.75) is 6.54 Å². The molecule has 1 N–H and O–H groups in total. The summed E-state index contributed by atoms with van der Waals surface area (Å²) in [6.07, 6.45) is 1.51. The fraction of sp³-hybridized carbons (Fsp3) is 0.111. The van der Waals surface area contributed by atoms with E-state index in [0.29, 0.717) is 16.9 Å². The molecule has 0 atom stereocenters.